The number of aryl methyl sites for hydroxylation is 2. The molecule has 114 valence electrons. The highest BCUT2D eigenvalue weighted by atomic mass is 79.9. The number of nitrogens with zero attached hydrogens (tertiary/aromatic N) is 1. The molecule has 0 spiro atoms. The van der Waals surface area contributed by atoms with Crippen molar-refractivity contribution in [2.45, 2.75) is 13.8 Å². The lowest BCUT2D eigenvalue weighted by Gasteiger charge is -2.11. The monoisotopic (exact) mass is 363 g/mol. The Bertz CT molecular complexity index is 772. The largest absolute Gasteiger partial charge is 0.247 e. The average Bonchev–Trinajstić information content (AvgIpc) is 2.56. The highest BCUT2D eigenvalue weighted by molar-refractivity contribution is 9.10. The Morgan fingerprint density at radius 1 is 0.739 bits per heavy atom. The third kappa shape index (κ3) is 3.59. The molecule has 3 rings (SSSR count). The van der Waals surface area contributed by atoms with Gasteiger partial charge in [0.25, 0.3) is 0 Å². The minimum absolute atomic E-state index is 1.000. The first kappa shape index (κ1) is 15.7. The Hall–Kier alpha value is -2.19. The number of rotatable bonds is 3. The van der Waals surface area contributed by atoms with Crippen LogP contribution in [-0.2, 0) is 0 Å². The van der Waals surface area contributed by atoms with Gasteiger partial charge in [-0.15, -0.1) is 0 Å². The smallest absolute Gasteiger partial charge is 0.0781 e. The molecular formula is C21H18BrN. The minimum atomic E-state index is 1.000. The topological polar surface area (TPSA) is 12.4 Å². The molecule has 0 heterocycles. The van der Waals surface area contributed by atoms with Crippen molar-refractivity contribution in [2.75, 3.05) is 0 Å². The molecule has 1 nitrogen and oxygen atoms in total. The van der Waals surface area contributed by atoms with Crippen LogP contribution in [-0.4, -0.2) is 5.71 Å². The van der Waals surface area contributed by atoms with Crippen molar-refractivity contribution < 1.29 is 0 Å². The summed E-state index contributed by atoms with van der Waals surface area (Å²) in [6.07, 6.45) is 0. The van der Waals surface area contributed by atoms with E-state index in [-0.39, 0.29) is 0 Å². The summed E-state index contributed by atoms with van der Waals surface area (Å²) in [6.45, 7) is 4.20. The second-order valence-electron chi connectivity index (χ2n) is 5.58. The molecule has 2 heteroatoms. The Labute approximate surface area is 145 Å². The van der Waals surface area contributed by atoms with Gasteiger partial charge in [-0.05, 0) is 37.1 Å². The maximum atomic E-state index is 5.04. The van der Waals surface area contributed by atoms with Crippen molar-refractivity contribution in [1.29, 1.82) is 0 Å². The van der Waals surface area contributed by atoms with Gasteiger partial charge in [-0.1, -0.05) is 76.6 Å². The number of hydrogen-bond donors (Lipinski definition) is 0. The van der Waals surface area contributed by atoms with E-state index in [0.29, 0.717) is 0 Å². The molecule has 0 saturated heterocycles. The molecular weight excluding hydrogens is 346 g/mol. The van der Waals surface area contributed by atoms with Gasteiger partial charge in [0.1, 0.15) is 0 Å². The van der Waals surface area contributed by atoms with E-state index in [4.69, 9.17) is 4.99 Å². The predicted molar refractivity (Wildman–Crippen MR) is 102 cm³/mol. The van der Waals surface area contributed by atoms with Crippen LogP contribution in [0, 0.1) is 13.8 Å². The molecule has 0 atom stereocenters. The molecule has 3 aromatic rings. The Kier molecular flexibility index (Phi) is 4.73. The summed E-state index contributed by atoms with van der Waals surface area (Å²) < 4.78 is 1.09. The summed E-state index contributed by atoms with van der Waals surface area (Å²) in [5, 5.41) is 0. The molecule has 0 aliphatic carbocycles. The van der Waals surface area contributed by atoms with Crippen LogP contribution in [0.15, 0.2) is 82.3 Å². The number of halogens is 1. The molecule has 0 amide bonds. The maximum Gasteiger partial charge on any atom is 0.0781 e. The van der Waals surface area contributed by atoms with Crippen LogP contribution in [0.5, 0.6) is 0 Å². The molecule has 0 aliphatic heterocycles. The zero-order valence-corrected chi connectivity index (χ0v) is 14.8. The van der Waals surface area contributed by atoms with Crippen molar-refractivity contribution in [3.63, 3.8) is 0 Å². The lowest BCUT2D eigenvalue weighted by Crippen LogP contribution is -2.03. The number of aliphatic imine (C=N–C) groups is 1. The quantitative estimate of drug-likeness (QED) is 0.488. The molecule has 0 N–H and O–H groups in total. The summed E-state index contributed by atoms with van der Waals surface area (Å²) in [4.78, 5) is 5.04. The van der Waals surface area contributed by atoms with Crippen LogP contribution < -0.4 is 0 Å². The Balaban J connectivity index is 2.21. The van der Waals surface area contributed by atoms with E-state index in [2.05, 4.69) is 90.4 Å². The normalized spacial score (nSPS) is 10.4. The van der Waals surface area contributed by atoms with Crippen LogP contribution in [0.2, 0.25) is 0 Å². The fourth-order valence-corrected chi connectivity index (χ4v) is 3.37. The van der Waals surface area contributed by atoms with Crippen molar-refractivity contribution in [3.8, 4) is 0 Å². The summed E-state index contributed by atoms with van der Waals surface area (Å²) in [5.74, 6) is 0. The van der Waals surface area contributed by atoms with Gasteiger partial charge in [0, 0.05) is 15.6 Å². The van der Waals surface area contributed by atoms with Crippen molar-refractivity contribution in [2.24, 2.45) is 4.99 Å². The van der Waals surface area contributed by atoms with Crippen LogP contribution in [0.1, 0.15) is 22.3 Å². The zero-order valence-electron chi connectivity index (χ0n) is 13.3. The molecule has 0 bridgehead atoms. The third-order valence-corrected chi connectivity index (χ3v) is 4.23. The van der Waals surface area contributed by atoms with E-state index in [0.717, 1.165) is 27.0 Å². The SMILES string of the molecule is Cc1cc(Br)cc(C)c1N=C(c1ccccc1)c1ccccc1. The van der Waals surface area contributed by atoms with Gasteiger partial charge in [-0.25, -0.2) is 4.99 Å². The fraction of sp³-hybridized carbons (Fsp3) is 0.0952. The molecule has 0 unspecified atom stereocenters. The molecule has 23 heavy (non-hydrogen) atoms. The molecule has 0 aromatic heterocycles. The number of hydrogen-bond acceptors (Lipinski definition) is 1. The van der Waals surface area contributed by atoms with Gasteiger partial charge >= 0.3 is 0 Å². The summed E-state index contributed by atoms with van der Waals surface area (Å²) >= 11 is 3.55. The zero-order chi connectivity index (χ0) is 16.2. The first-order valence-corrected chi connectivity index (χ1v) is 8.41. The Morgan fingerprint density at radius 3 is 1.61 bits per heavy atom. The van der Waals surface area contributed by atoms with Gasteiger partial charge < -0.3 is 0 Å². The molecule has 0 aliphatic rings. The van der Waals surface area contributed by atoms with Crippen molar-refractivity contribution >= 4 is 27.3 Å². The van der Waals surface area contributed by atoms with Crippen LogP contribution in [0.3, 0.4) is 0 Å². The van der Waals surface area contributed by atoms with Gasteiger partial charge in [0.2, 0.25) is 0 Å². The summed E-state index contributed by atoms with van der Waals surface area (Å²) in [5.41, 5.74) is 6.62. The van der Waals surface area contributed by atoms with E-state index in [9.17, 15) is 0 Å². The van der Waals surface area contributed by atoms with E-state index in [1.807, 2.05) is 12.1 Å². The van der Waals surface area contributed by atoms with E-state index in [1.165, 1.54) is 11.1 Å². The van der Waals surface area contributed by atoms with Gasteiger partial charge in [-0.3, -0.25) is 0 Å². The first-order chi connectivity index (χ1) is 11.1. The van der Waals surface area contributed by atoms with Crippen molar-refractivity contribution in [1.82, 2.24) is 0 Å². The fourth-order valence-electron chi connectivity index (χ4n) is 2.68. The average molecular weight is 364 g/mol. The summed E-state index contributed by atoms with van der Waals surface area (Å²) in [6, 6.07) is 24.9. The van der Waals surface area contributed by atoms with E-state index in [1.54, 1.807) is 0 Å². The van der Waals surface area contributed by atoms with E-state index >= 15 is 0 Å². The Morgan fingerprint density at radius 2 is 1.17 bits per heavy atom. The summed E-state index contributed by atoms with van der Waals surface area (Å²) in [7, 11) is 0. The highest BCUT2D eigenvalue weighted by Gasteiger charge is 2.09. The molecule has 0 saturated carbocycles. The molecule has 0 radical (unpaired) electrons. The maximum absolute atomic E-state index is 5.04. The third-order valence-electron chi connectivity index (χ3n) is 3.77. The lowest BCUT2D eigenvalue weighted by atomic mass is 10.0. The second kappa shape index (κ2) is 6.93. The van der Waals surface area contributed by atoms with Crippen LogP contribution in [0.25, 0.3) is 0 Å². The van der Waals surface area contributed by atoms with Gasteiger partial charge in [0.05, 0.1) is 11.4 Å². The minimum Gasteiger partial charge on any atom is -0.247 e. The van der Waals surface area contributed by atoms with Gasteiger partial charge in [0.15, 0.2) is 0 Å². The molecule has 3 aromatic carbocycles. The number of benzene rings is 3. The van der Waals surface area contributed by atoms with Crippen LogP contribution in [0.4, 0.5) is 5.69 Å². The van der Waals surface area contributed by atoms with E-state index < -0.39 is 0 Å². The molecule has 0 fully saturated rings. The lowest BCUT2D eigenvalue weighted by molar-refractivity contribution is 1.31. The predicted octanol–water partition coefficient (Wildman–Crippen LogP) is 6.24. The van der Waals surface area contributed by atoms with Crippen molar-refractivity contribution in [3.05, 3.63) is 99.5 Å². The van der Waals surface area contributed by atoms with Gasteiger partial charge in [-0.2, -0.15) is 0 Å². The van der Waals surface area contributed by atoms with Crippen LogP contribution >= 0.6 is 15.9 Å². The standard InChI is InChI=1S/C21H18BrN/c1-15-13-19(22)14-16(2)20(15)23-21(17-9-5-3-6-10-17)18-11-7-4-8-12-18/h3-14H,1-2H3. The second-order valence-corrected chi connectivity index (χ2v) is 6.50. The highest BCUT2D eigenvalue weighted by Crippen LogP contribution is 2.29. The first-order valence-electron chi connectivity index (χ1n) is 7.61.